The van der Waals surface area contributed by atoms with Gasteiger partial charge < -0.3 is 5.11 Å². The number of carbonyl (C=O) groups excluding carboxylic acids is 1. The highest BCUT2D eigenvalue weighted by atomic mass is 16.3. The summed E-state index contributed by atoms with van der Waals surface area (Å²) in [4.78, 5) is 9.92. The van der Waals surface area contributed by atoms with Gasteiger partial charge in [-0.1, -0.05) is 32.8 Å². The Bertz CT molecular complexity index is 150. The van der Waals surface area contributed by atoms with Crippen molar-refractivity contribution in [2.24, 2.45) is 5.92 Å². The number of hydrogen-bond acceptors (Lipinski definition) is 2. The number of allylic oxidation sites excluding steroid dienone is 1. The predicted octanol–water partition coefficient (Wildman–Crippen LogP) is 2.32. The summed E-state index contributed by atoms with van der Waals surface area (Å²) in [5.74, 6) is 0.706. The van der Waals surface area contributed by atoms with E-state index in [1.807, 2.05) is 0 Å². The lowest BCUT2D eigenvalue weighted by Crippen LogP contribution is -2.05. The summed E-state index contributed by atoms with van der Waals surface area (Å²) >= 11 is 0. The molecule has 0 spiro atoms. The zero-order valence-corrected chi connectivity index (χ0v) is 8.57. The molecule has 0 rings (SSSR count). The minimum Gasteiger partial charge on any atom is -0.393 e. The average Bonchev–Trinajstić information content (AvgIpc) is 2.04. The molecule has 13 heavy (non-hydrogen) atoms. The fraction of sp³-hybridized carbons (Fsp3) is 0.727. The van der Waals surface area contributed by atoms with Crippen LogP contribution in [0.1, 0.15) is 39.5 Å². The molecule has 0 saturated heterocycles. The molecule has 0 heterocycles. The van der Waals surface area contributed by atoms with Crippen molar-refractivity contribution in [3.8, 4) is 0 Å². The molecule has 2 heteroatoms. The molecule has 76 valence electrons. The van der Waals surface area contributed by atoms with E-state index in [1.165, 1.54) is 6.08 Å². The van der Waals surface area contributed by atoms with E-state index in [0.29, 0.717) is 12.3 Å². The van der Waals surface area contributed by atoms with Crippen LogP contribution < -0.4 is 0 Å². The third kappa shape index (κ3) is 9.28. The fourth-order valence-corrected chi connectivity index (χ4v) is 1.17. The van der Waals surface area contributed by atoms with Crippen LogP contribution in [0.15, 0.2) is 12.2 Å². The van der Waals surface area contributed by atoms with E-state index in [-0.39, 0.29) is 6.10 Å². The van der Waals surface area contributed by atoms with Crippen LogP contribution in [-0.2, 0) is 4.79 Å². The van der Waals surface area contributed by atoms with Gasteiger partial charge in [0.15, 0.2) is 0 Å². The van der Waals surface area contributed by atoms with Crippen molar-refractivity contribution in [1.29, 1.82) is 0 Å². The highest BCUT2D eigenvalue weighted by Gasteiger charge is 2.01. The van der Waals surface area contributed by atoms with Crippen LogP contribution in [0.25, 0.3) is 0 Å². The lowest BCUT2D eigenvalue weighted by atomic mass is 10.0. The van der Waals surface area contributed by atoms with Gasteiger partial charge in [0, 0.05) is 0 Å². The minimum atomic E-state index is -0.282. The second-order valence-electron chi connectivity index (χ2n) is 3.78. The van der Waals surface area contributed by atoms with Gasteiger partial charge in [-0.15, -0.1) is 0 Å². The number of aliphatic hydroxyl groups excluding tert-OH is 1. The molecule has 0 aliphatic carbocycles. The van der Waals surface area contributed by atoms with Gasteiger partial charge in [0.25, 0.3) is 0 Å². The average molecular weight is 184 g/mol. The SMILES string of the molecule is CC(C)CCCC(O)C/C=C/C=O. The minimum absolute atomic E-state index is 0.282. The van der Waals surface area contributed by atoms with Gasteiger partial charge in [-0.05, 0) is 24.8 Å². The van der Waals surface area contributed by atoms with Crippen LogP contribution in [-0.4, -0.2) is 17.5 Å². The fourth-order valence-electron chi connectivity index (χ4n) is 1.17. The highest BCUT2D eigenvalue weighted by Crippen LogP contribution is 2.10. The third-order valence-corrected chi connectivity index (χ3v) is 1.94. The largest absolute Gasteiger partial charge is 0.393 e. The first-order valence-electron chi connectivity index (χ1n) is 4.95. The Morgan fingerprint density at radius 1 is 1.31 bits per heavy atom. The molecule has 2 nitrogen and oxygen atoms in total. The molecular weight excluding hydrogens is 164 g/mol. The molecule has 0 amide bonds. The van der Waals surface area contributed by atoms with Gasteiger partial charge >= 0.3 is 0 Å². The van der Waals surface area contributed by atoms with Crippen molar-refractivity contribution in [1.82, 2.24) is 0 Å². The van der Waals surface area contributed by atoms with Gasteiger partial charge in [0.2, 0.25) is 0 Å². The number of aldehydes is 1. The summed E-state index contributed by atoms with van der Waals surface area (Å²) in [6, 6.07) is 0. The summed E-state index contributed by atoms with van der Waals surface area (Å²) in [5, 5.41) is 9.42. The van der Waals surface area contributed by atoms with Crippen molar-refractivity contribution in [2.45, 2.75) is 45.6 Å². The van der Waals surface area contributed by atoms with Gasteiger partial charge in [-0.25, -0.2) is 0 Å². The topological polar surface area (TPSA) is 37.3 Å². The lowest BCUT2D eigenvalue weighted by molar-refractivity contribution is -0.104. The van der Waals surface area contributed by atoms with Crippen molar-refractivity contribution in [2.75, 3.05) is 0 Å². The molecule has 1 N–H and O–H groups in total. The number of rotatable bonds is 7. The van der Waals surface area contributed by atoms with Crippen molar-refractivity contribution in [3.63, 3.8) is 0 Å². The molecule has 0 aromatic carbocycles. The van der Waals surface area contributed by atoms with Gasteiger partial charge in [-0.2, -0.15) is 0 Å². The lowest BCUT2D eigenvalue weighted by Gasteiger charge is -2.08. The number of hydrogen-bond donors (Lipinski definition) is 1. The Morgan fingerprint density at radius 2 is 2.00 bits per heavy atom. The molecule has 0 aliphatic rings. The summed E-state index contributed by atoms with van der Waals surface area (Å²) in [6.07, 6.45) is 7.26. The summed E-state index contributed by atoms with van der Waals surface area (Å²) in [5.41, 5.74) is 0. The molecule has 0 aromatic heterocycles. The molecule has 0 aromatic rings. The summed E-state index contributed by atoms with van der Waals surface area (Å²) in [6.45, 7) is 4.36. The normalized spacial score (nSPS) is 13.8. The smallest absolute Gasteiger partial charge is 0.142 e. The quantitative estimate of drug-likeness (QED) is 0.487. The first kappa shape index (κ1) is 12.4. The van der Waals surface area contributed by atoms with E-state index < -0.39 is 0 Å². The molecular formula is C11H20O2. The highest BCUT2D eigenvalue weighted by molar-refractivity contribution is 5.64. The van der Waals surface area contributed by atoms with Crippen molar-refractivity contribution >= 4 is 6.29 Å². The molecule has 1 atom stereocenters. The van der Waals surface area contributed by atoms with Gasteiger partial charge in [-0.3, -0.25) is 4.79 Å². The monoisotopic (exact) mass is 184 g/mol. The molecule has 0 radical (unpaired) electrons. The van der Waals surface area contributed by atoms with E-state index in [9.17, 15) is 9.90 Å². The van der Waals surface area contributed by atoms with Crippen LogP contribution in [0, 0.1) is 5.92 Å². The van der Waals surface area contributed by atoms with Crippen LogP contribution in [0.3, 0.4) is 0 Å². The van der Waals surface area contributed by atoms with Gasteiger partial charge in [0.1, 0.15) is 6.29 Å². The molecule has 0 fully saturated rings. The maximum atomic E-state index is 9.92. The van der Waals surface area contributed by atoms with Crippen molar-refractivity contribution < 1.29 is 9.90 Å². The molecule has 0 bridgehead atoms. The number of aliphatic hydroxyl groups is 1. The second-order valence-corrected chi connectivity index (χ2v) is 3.78. The zero-order chi connectivity index (χ0) is 10.1. The Labute approximate surface area is 80.7 Å². The Kier molecular flexibility index (Phi) is 7.60. The van der Waals surface area contributed by atoms with E-state index >= 15 is 0 Å². The Hall–Kier alpha value is -0.630. The third-order valence-electron chi connectivity index (χ3n) is 1.94. The maximum Gasteiger partial charge on any atom is 0.142 e. The maximum absolute atomic E-state index is 9.92. The van der Waals surface area contributed by atoms with Crippen LogP contribution in [0.4, 0.5) is 0 Å². The first-order chi connectivity index (χ1) is 6.16. The first-order valence-corrected chi connectivity index (χ1v) is 4.95. The Balaban J connectivity index is 3.34. The predicted molar refractivity (Wildman–Crippen MR) is 54.5 cm³/mol. The van der Waals surface area contributed by atoms with E-state index in [2.05, 4.69) is 13.8 Å². The number of carbonyl (C=O) groups is 1. The van der Waals surface area contributed by atoms with Crippen LogP contribution >= 0.6 is 0 Å². The zero-order valence-electron chi connectivity index (χ0n) is 8.57. The summed E-state index contributed by atoms with van der Waals surface area (Å²) < 4.78 is 0. The standard InChI is InChI=1S/C11H20O2/c1-10(2)6-5-8-11(13)7-3-4-9-12/h3-4,9-11,13H,5-8H2,1-2H3/b4-3+. The van der Waals surface area contributed by atoms with E-state index in [4.69, 9.17) is 0 Å². The van der Waals surface area contributed by atoms with Crippen LogP contribution in [0.2, 0.25) is 0 Å². The van der Waals surface area contributed by atoms with Crippen molar-refractivity contribution in [3.05, 3.63) is 12.2 Å². The molecule has 0 aliphatic heterocycles. The van der Waals surface area contributed by atoms with Gasteiger partial charge in [0.05, 0.1) is 6.10 Å². The second kappa shape index (κ2) is 7.99. The Morgan fingerprint density at radius 3 is 2.54 bits per heavy atom. The molecule has 0 saturated carbocycles. The van der Waals surface area contributed by atoms with E-state index in [1.54, 1.807) is 6.08 Å². The van der Waals surface area contributed by atoms with E-state index in [0.717, 1.165) is 25.5 Å². The molecule has 1 unspecified atom stereocenters. The summed E-state index contributed by atoms with van der Waals surface area (Å²) in [7, 11) is 0. The van der Waals surface area contributed by atoms with Crippen LogP contribution in [0.5, 0.6) is 0 Å².